The van der Waals surface area contributed by atoms with E-state index in [1.54, 1.807) is 4.57 Å². The van der Waals surface area contributed by atoms with Crippen molar-refractivity contribution in [1.82, 2.24) is 29.0 Å². The van der Waals surface area contributed by atoms with Crippen molar-refractivity contribution in [1.29, 1.82) is 0 Å². The summed E-state index contributed by atoms with van der Waals surface area (Å²) in [4.78, 5) is 39.9. The van der Waals surface area contributed by atoms with Crippen LogP contribution in [0.2, 0.25) is 0 Å². The van der Waals surface area contributed by atoms with Gasteiger partial charge in [-0.3, -0.25) is 14.3 Å². The minimum Gasteiger partial charge on any atom is -0.307 e. The number of rotatable bonds is 6. The molecule has 2 aromatic heterocycles. The molecule has 0 atom stereocenters. The van der Waals surface area contributed by atoms with Gasteiger partial charge in [0.15, 0.2) is 0 Å². The molecule has 0 spiro atoms. The molecule has 0 bridgehead atoms. The molecule has 0 aliphatic carbocycles. The number of H-pyrrole nitrogens is 2. The van der Waals surface area contributed by atoms with Gasteiger partial charge in [0, 0.05) is 26.1 Å². The molecule has 29 heavy (non-hydrogen) atoms. The van der Waals surface area contributed by atoms with Gasteiger partial charge in [0.2, 0.25) is 10.0 Å². The zero-order valence-corrected chi connectivity index (χ0v) is 16.3. The molecular formula is C17H20N6O5S. The third-order valence-corrected chi connectivity index (χ3v) is 6.35. The highest BCUT2D eigenvalue weighted by Gasteiger charge is 2.18. The van der Waals surface area contributed by atoms with E-state index >= 15 is 0 Å². The van der Waals surface area contributed by atoms with Crippen LogP contribution in [0.5, 0.6) is 0 Å². The van der Waals surface area contributed by atoms with Crippen molar-refractivity contribution in [3.05, 3.63) is 55.3 Å². The lowest BCUT2D eigenvalue weighted by Crippen LogP contribution is -2.29. The smallest absolute Gasteiger partial charge is 0.307 e. The Morgan fingerprint density at radius 1 is 1.14 bits per heavy atom. The molecule has 4 rings (SSSR count). The Kier molecular flexibility index (Phi) is 4.96. The molecule has 154 valence electrons. The summed E-state index contributed by atoms with van der Waals surface area (Å²) >= 11 is 0. The number of nitrogens with one attached hydrogen (secondary N) is 3. The first-order chi connectivity index (χ1) is 13.8. The lowest BCUT2D eigenvalue weighted by atomic mass is 10.2. The van der Waals surface area contributed by atoms with Gasteiger partial charge in [0.1, 0.15) is 5.82 Å². The van der Waals surface area contributed by atoms with E-state index in [2.05, 4.69) is 19.8 Å². The van der Waals surface area contributed by atoms with Gasteiger partial charge in [-0.2, -0.15) is 5.10 Å². The third kappa shape index (κ3) is 3.80. The molecule has 3 aromatic rings. The van der Waals surface area contributed by atoms with Gasteiger partial charge < -0.3 is 4.98 Å². The number of aromatic amines is 2. The molecular weight excluding hydrogens is 400 g/mol. The lowest BCUT2D eigenvalue weighted by molar-refractivity contribution is 0.508. The van der Waals surface area contributed by atoms with E-state index in [0.717, 1.165) is 25.1 Å². The topological polar surface area (TPSA) is 152 Å². The van der Waals surface area contributed by atoms with Crippen LogP contribution in [-0.2, 0) is 29.5 Å². The van der Waals surface area contributed by atoms with Gasteiger partial charge >= 0.3 is 11.4 Å². The molecule has 3 heterocycles. The van der Waals surface area contributed by atoms with Crippen LogP contribution < -0.4 is 21.7 Å². The molecule has 12 heteroatoms. The Labute approximate surface area is 164 Å². The summed E-state index contributed by atoms with van der Waals surface area (Å²) in [7, 11) is -3.85. The van der Waals surface area contributed by atoms with Gasteiger partial charge in [0.25, 0.3) is 5.56 Å². The molecule has 0 saturated carbocycles. The number of benzene rings is 1. The van der Waals surface area contributed by atoms with Crippen molar-refractivity contribution in [2.75, 3.05) is 6.54 Å². The maximum atomic E-state index is 12.5. The number of hydrogen-bond acceptors (Lipinski definition) is 6. The molecule has 1 aliphatic heterocycles. The first-order valence-corrected chi connectivity index (χ1v) is 10.8. The summed E-state index contributed by atoms with van der Waals surface area (Å²) in [6.45, 7) is 1.09. The van der Waals surface area contributed by atoms with Crippen LogP contribution in [0.1, 0.15) is 25.1 Å². The predicted molar refractivity (Wildman–Crippen MR) is 104 cm³/mol. The second-order valence-corrected chi connectivity index (χ2v) is 8.66. The van der Waals surface area contributed by atoms with Crippen molar-refractivity contribution in [2.24, 2.45) is 0 Å². The van der Waals surface area contributed by atoms with Crippen LogP contribution in [0.25, 0.3) is 10.9 Å². The van der Waals surface area contributed by atoms with Gasteiger partial charge in [-0.15, -0.1) is 0 Å². The molecule has 0 radical (unpaired) electrons. The highest BCUT2D eigenvalue weighted by atomic mass is 32.2. The molecule has 1 aromatic carbocycles. The quantitative estimate of drug-likeness (QED) is 0.448. The number of fused-ring (bicyclic) bond motifs is 2. The predicted octanol–water partition coefficient (Wildman–Crippen LogP) is -0.720. The summed E-state index contributed by atoms with van der Waals surface area (Å²) in [6.07, 6.45) is 3.14. The fourth-order valence-electron chi connectivity index (χ4n) is 3.42. The van der Waals surface area contributed by atoms with Gasteiger partial charge in [-0.25, -0.2) is 27.4 Å². The van der Waals surface area contributed by atoms with E-state index in [1.165, 1.54) is 22.9 Å². The number of nitrogens with zero attached hydrogens (tertiary/aromatic N) is 3. The molecule has 11 nitrogen and oxygen atoms in total. The Balaban J connectivity index is 1.44. The lowest BCUT2D eigenvalue weighted by Gasteiger charge is -2.09. The maximum absolute atomic E-state index is 12.5. The monoisotopic (exact) mass is 420 g/mol. The van der Waals surface area contributed by atoms with Crippen LogP contribution in [0, 0.1) is 0 Å². The molecule has 3 N–H and O–H groups in total. The molecule has 0 fully saturated rings. The summed E-state index contributed by atoms with van der Waals surface area (Å²) in [5, 5.41) is 4.39. The van der Waals surface area contributed by atoms with E-state index in [0.29, 0.717) is 19.5 Å². The summed E-state index contributed by atoms with van der Waals surface area (Å²) in [6, 6.07) is 3.89. The van der Waals surface area contributed by atoms with Crippen molar-refractivity contribution >= 4 is 20.9 Å². The van der Waals surface area contributed by atoms with E-state index < -0.39 is 21.3 Å². The van der Waals surface area contributed by atoms with Gasteiger partial charge in [-0.05, 0) is 37.5 Å². The number of sulfonamides is 1. The van der Waals surface area contributed by atoms with E-state index in [9.17, 15) is 22.8 Å². The maximum Gasteiger partial charge on any atom is 0.345 e. The average Bonchev–Trinajstić information content (AvgIpc) is 3.01. The summed E-state index contributed by atoms with van der Waals surface area (Å²) in [5.74, 6) is 0.779. The van der Waals surface area contributed by atoms with E-state index in [4.69, 9.17) is 0 Å². The van der Waals surface area contributed by atoms with Crippen LogP contribution in [0.4, 0.5) is 0 Å². The van der Waals surface area contributed by atoms with Crippen molar-refractivity contribution in [3.63, 3.8) is 0 Å². The average molecular weight is 420 g/mol. The summed E-state index contributed by atoms with van der Waals surface area (Å²) in [5.41, 5.74) is -1.23. The Morgan fingerprint density at radius 2 is 1.97 bits per heavy atom. The number of aromatic nitrogens is 5. The van der Waals surface area contributed by atoms with E-state index in [1.807, 2.05) is 0 Å². The molecule has 1 aliphatic rings. The Morgan fingerprint density at radius 3 is 2.76 bits per heavy atom. The fourth-order valence-corrected chi connectivity index (χ4v) is 4.52. The van der Waals surface area contributed by atoms with Crippen LogP contribution in [0.15, 0.2) is 37.5 Å². The zero-order chi connectivity index (χ0) is 20.6. The fraction of sp³-hybridized carbons (Fsp3) is 0.412. The molecule has 0 unspecified atom stereocenters. The first kappa shape index (κ1) is 19.3. The standard InChI is InChI=1S/C17H20N6O5S/c24-15-12-10-11(5-6-13(12)19-16(25)20-15)29(27,28)18-7-3-9-23-17(26)22-8-2-1-4-14(22)21-23/h5-6,10,18H,1-4,7-9H2,(H2,19,20,24,25). The molecule has 0 amide bonds. The Hall–Kier alpha value is -2.99. The third-order valence-electron chi connectivity index (χ3n) is 4.89. The van der Waals surface area contributed by atoms with E-state index in [-0.39, 0.29) is 28.0 Å². The largest absolute Gasteiger partial charge is 0.345 e. The first-order valence-electron chi connectivity index (χ1n) is 9.28. The van der Waals surface area contributed by atoms with Crippen LogP contribution >= 0.6 is 0 Å². The number of hydrogen-bond donors (Lipinski definition) is 3. The molecule has 0 saturated heterocycles. The highest BCUT2D eigenvalue weighted by molar-refractivity contribution is 7.89. The van der Waals surface area contributed by atoms with Gasteiger partial charge in [0.05, 0.1) is 15.8 Å². The van der Waals surface area contributed by atoms with Crippen molar-refractivity contribution < 1.29 is 8.42 Å². The minimum absolute atomic E-state index is 0.0719. The van der Waals surface area contributed by atoms with Crippen LogP contribution in [0.3, 0.4) is 0 Å². The van der Waals surface area contributed by atoms with Crippen molar-refractivity contribution in [2.45, 2.75) is 43.7 Å². The Bertz CT molecular complexity index is 1350. The minimum atomic E-state index is -3.85. The summed E-state index contributed by atoms with van der Waals surface area (Å²) < 4.78 is 30.5. The zero-order valence-electron chi connectivity index (χ0n) is 15.5. The van der Waals surface area contributed by atoms with Gasteiger partial charge in [-0.1, -0.05) is 0 Å². The second kappa shape index (κ2) is 7.44. The van der Waals surface area contributed by atoms with Crippen molar-refractivity contribution in [3.8, 4) is 0 Å². The number of aryl methyl sites for hydroxylation is 2. The second-order valence-electron chi connectivity index (χ2n) is 6.90. The normalized spacial score (nSPS) is 14.2. The highest BCUT2D eigenvalue weighted by Crippen LogP contribution is 2.14. The SMILES string of the molecule is O=c1[nH]c(=O)c2cc(S(=O)(=O)NCCCn3nc4n(c3=O)CCCC4)ccc2[nH]1. The van der Waals surface area contributed by atoms with Crippen LogP contribution in [-0.4, -0.2) is 39.3 Å².